The molecule has 1 aromatic carbocycles. The molecule has 2 N–H and O–H groups in total. The number of rotatable bonds is 6. The van der Waals surface area contributed by atoms with Gasteiger partial charge < -0.3 is 15.4 Å². The molecule has 1 aromatic rings. The summed E-state index contributed by atoms with van der Waals surface area (Å²) in [5.41, 5.74) is 2.52. The zero-order valence-electron chi connectivity index (χ0n) is 12.8. The summed E-state index contributed by atoms with van der Waals surface area (Å²) in [6.45, 7) is 8.44. The largest absolute Gasteiger partial charge is 0.383 e. The van der Waals surface area contributed by atoms with Gasteiger partial charge in [-0.05, 0) is 31.9 Å². The fraction of sp³-hybridized carbons (Fsp3) is 0.533. The van der Waals surface area contributed by atoms with Crippen molar-refractivity contribution in [2.75, 3.05) is 20.3 Å². The van der Waals surface area contributed by atoms with Gasteiger partial charge in [0.2, 0.25) is 0 Å². The van der Waals surface area contributed by atoms with Gasteiger partial charge >= 0.3 is 0 Å². The van der Waals surface area contributed by atoms with E-state index >= 15 is 0 Å². The highest BCUT2D eigenvalue weighted by Gasteiger charge is 2.04. The van der Waals surface area contributed by atoms with E-state index in [9.17, 15) is 0 Å². The fourth-order valence-electron chi connectivity index (χ4n) is 1.80. The Hall–Kier alpha value is -0.820. The predicted octanol–water partition coefficient (Wildman–Crippen LogP) is 2.70. The zero-order chi connectivity index (χ0) is 14.1. The standard InChI is InChI=1S/C15H25N3O.HI/c1-5-16-15(18-13(3)11-19-4)17-10-14-9-7-6-8-12(14)2;/h6-9,13H,5,10-11H2,1-4H3,(H2,16,17,18);1H. The molecule has 1 rings (SSSR count). The minimum atomic E-state index is 0. The molecule has 114 valence electrons. The van der Waals surface area contributed by atoms with Gasteiger partial charge in [0.15, 0.2) is 5.96 Å². The van der Waals surface area contributed by atoms with Gasteiger partial charge in [-0.3, -0.25) is 0 Å². The number of halogens is 1. The maximum atomic E-state index is 5.12. The van der Waals surface area contributed by atoms with Crippen LogP contribution in [0.15, 0.2) is 29.3 Å². The van der Waals surface area contributed by atoms with E-state index in [-0.39, 0.29) is 30.0 Å². The lowest BCUT2D eigenvalue weighted by Crippen LogP contribution is -2.43. The Labute approximate surface area is 139 Å². The second-order valence-electron chi connectivity index (χ2n) is 4.62. The van der Waals surface area contributed by atoms with Crippen molar-refractivity contribution in [3.05, 3.63) is 35.4 Å². The fourth-order valence-corrected chi connectivity index (χ4v) is 1.80. The molecule has 5 heteroatoms. The summed E-state index contributed by atoms with van der Waals surface area (Å²) in [5, 5.41) is 6.57. The number of hydrogen-bond acceptors (Lipinski definition) is 2. The Balaban J connectivity index is 0.00000361. The van der Waals surface area contributed by atoms with Crippen LogP contribution in [0.3, 0.4) is 0 Å². The molecule has 0 spiro atoms. The van der Waals surface area contributed by atoms with E-state index in [2.05, 4.69) is 48.5 Å². The van der Waals surface area contributed by atoms with E-state index in [1.807, 2.05) is 12.1 Å². The van der Waals surface area contributed by atoms with Gasteiger partial charge in [-0.15, -0.1) is 24.0 Å². The molecule has 0 bridgehead atoms. The number of hydrogen-bond donors (Lipinski definition) is 2. The predicted molar refractivity (Wildman–Crippen MR) is 95.9 cm³/mol. The molecule has 20 heavy (non-hydrogen) atoms. The van der Waals surface area contributed by atoms with E-state index in [1.165, 1.54) is 11.1 Å². The van der Waals surface area contributed by atoms with E-state index in [4.69, 9.17) is 4.74 Å². The molecule has 1 unspecified atom stereocenters. The molecule has 0 aromatic heterocycles. The van der Waals surface area contributed by atoms with E-state index in [0.29, 0.717) is 13.2 Å². The number of benzene rings is 1. The van der Waals surface area contributed by atoms with Crippen molar-refractivity contribution in [3.8, 4) is 0 Å². The molecule has 1 atom stereocenters. The lowest BCUT2D eigenvalue weighted by molar-refractivity contribution is 0.179. The van der Waals surface area contributed by atoms with Crippen molar-refractivity contribution >= 4 is 29.9 Å². The third kappa shape index (κ3) is 7.09. The quantitative estimate of drug-likeness (QED) is 0.445. The Morgan fingerprint density at radius 1 is 1.35 bits per heavy atom. The normalized spacial score (nSPS) is 12.5. The first-order valence-electron chi connectivity index (χ1n) is 6.75. The number of aliphatic imine (C=N–C) groups is 1. The summed E-state index contributed by atoms with van der Waals surface area (Å²) < 4.78 is 5.12. The molecule has 0 fully saturated rings. The second kappa shape index (κ2) is 10.9. The van der Waals surface area contributed by atoms with Crippen LogP contribution in [0.1, 0.15) is 25.0 Å². The smallest absolute Gasteiger partial charge is 0.191 e. The van der Waals surface area contributed by atoms with Gasteiger partial charge in [-0.1, -0.05) is 24.3 Å². The lowest BCUT2D eigenvalue weighted by atomic mass is 10.1. The van der Waals surface area contributed by atoms with Crippen LogP contribution >= 0.6 is 24.0 Å². The summed E-state index contributed by atoms with van der Waals surface area (Å²) in [6, 6.07) is 8.55. The first-order valence-corrected chi connectivity index (χ1v) is 6.75. The number of methoxy groups -OCH3 is 1. The topological polar surface area (TPSA) is 45.7 Å². The molecule has 0 aliphatic rings. The number of nitrogens with one attached hydrogen (secondary N) is 2. The van der Waals surface area contributed by atoms with Crippen LogP contribution in [0.2, 0.25) is 0 Å². The third-order valence-corrected chi connectivity index (χ3v) is 2.81. The third-order valence-electron chi connectivity index (χ3n) is 2.81. The number of nitrogens with zero attached hydrogens (tertiary/aromatic N) is 1. The van der Waals surface area contributed by atoms with Crippen molar-refractivity contribution < 1.29 is 4.74 Å². The molecule has 0 radical (unpaired) electrons. The van der Waals surface area contributed by atoms with Crippen LogP contribution in [0.5, 0.6) is 0 Å². The molecular formula is C15H26IN3O. The highest BCUT2D eigenvalue weighted by molar-refractivity contribution is 14.0. The Morgan fingerprint density at radius 2 is 2.05 bits per heavy atom. The number of aryl methyl sites for hydroxylation is 1. The van der Waals surface area contributed by atoms with Gasteiger partial charge in [-0.25, -0.2) is 4.99 Å². The molecule has 0 aliphatic heterocycles. The summed E-state index contributed by atoms with van der Waals surface area (Å²) in [7, 11) is 1.70. The van der Waals surface area contributed by atoms with E-state index < -0.39 is 0 Å². The molecule has 0 saturated heterocycles. The average Bonchev–Trinajstić information content (AvgIpc) is 2.38. The summed E-state index contributed by atoms with van der Waals surface area (Å²) >= 11 is 0. The molecule has 4 nitrogen and oxygen atoms in total. The van der Waals surface area contributed by atoms with Crippen LogP contribution < -0.4 is 10.6 Å². The average molecular weight is 391 g/mol. The van der Waals surface area contributed by atoms with E-state index in [1.54, 1.807) is 7.11 Å². The number of guanidine groups is 1. The lowest BCUT2D eigenvalue weighted by Gasteiger charge is -2.17. The Bertz CT molecular complexity index is 410. The van der Waals surface area contributed by atoms with Crippen molar-refractivity contribution in [2.24, 2.45) is 4.99 Å². The maximum Gasteiger partial charge on any atom is 0.191 e. The monoisotopic (exact) mass is 391 g/mol. The first-order chi connectivity index (χ1) is 9.17. The highest BCUT2D eigenvalue weighted by atomic mass is 127. The van der Waals surface area contributed by atoms with Crippen LogP contribution in [0.4, 0.5) is 0 Å². The first kappa shape index (κ1) is 19.2. The van der Waals surface area contributed by atoms with Gasteiger partial charge in [0.1, 0.15) is 0 Å². The maximum absolute atomic E-state index is 5.12. The SMILES string of the molecule is CCNC(=NCc1ccccc1C)NC(C)COC.I. The summed E-state index contributed by atoms with van der Waals surface area (Å²) in [6.07, 6.45) is 0. The molecule has 0 aliphatic carbocycles. The van der Waals surface area contributed by atoms with Crippen molar-refractivity contribution in [3.63, 3.8) is 0 Å². The summed E-state index contributed by atoms with van der Waals surface area (Å²) in [4.78, 5) is 4.61. The molecular weight excluding hydrogens is 365 g/mol. The molecule has 0 heterocycles. The van der Waals surface area contributed by atoms with Crippen molar-refractivity contribution in [1.82, 2.24) is 10.6 Å². The van der Waals surface area contributed by atoms with Crippen LogP contribution in [-0.2, 0) is 11.3 Å². The van der Waals surface area contributed by atoms with E-state index in [0.717, 1.165) is 12.5 Å². The highest BCUT2D eigenvalue weighted by Crippen LogP contribution is 2.07. The van der Waals surface area contributed by atoms with Crippen LogP contribution in [0, 0.1) is 6.92 Å². The van der Waals surface area contributed by atoms with Crippen molar-refractivity contribution in [2.45, 2.75) is 33.4 Å². The molecule has 0 saturated carbocycles. The Morgan fingerprint density at radius 3 is 2.65 bits per heavy atom. The Kier molecular flexibility index (Phi) is 10.5. The zero-order valence-corrected chi connectivity index (χ0v) is 15.1. The van der Waals surface area contributed by atoms with Gasteiger partial charge in [0.25, 0.3) is 0 Å². The van der Waals surface area contributed by atoms with Crippen LogP contribution in [-0.4, -0.2) is 32.3 Å². The summed E-state index contributed by atoms with van der Waals surface area (Å²) in [5.74, 6) is 0.829. The minimum absolute atomic E-state index is 0. The second-order valence-corrected chi connectivity index (χ2v) is 4.62. The van der Waals surface area contributed by atoms with Gasteiger partial charge in [0, 0.05) is 19.7 Å². The number of ether oxygens (including phenoxy) is 1. The minimum Gasteiger partial charge on any atom is -0.383 e. The molecule has 0 amide bonds. The van der Waals surface area contributed by atoms with Gasteiger partial charge in [-0.2, -0.15) is 0 Å². The van der Waals surface area contributed by atoms with Crippen molar-refractivity contribution in [1.29, 1.82) is 0 Å². The van der Waals surface area contributed by atoms with Crippen LogP contribution in [0.25, 0.3) is 0 Å². The van der Waals surface area contributed by atoms with Gasteiger partial charge in [0.05, 0.1) is 13.2 Å².